The van der Waals surface area contributed by atoms with E-state index in [0.29, 0.717) is 16.8 Å². The van der Waals surface area contributed by atoms with Gasteiger partial charge in [0.1, 0.15) is 6.10 Å². The minimum atomic E-state index is -1.38. The van der Waals surface area contributed by atoms with Crippen LogP contribution >= 0.6 is 0 Å². The highest BCUT2D eigenvalue weighted by Crippen LogP contribution is 2.28. The smallest absolute Gasteiger partial charge is 0.306 e. The molecule has 2 atom stereocenters. The molecule has 7 N–H and O–H groups in total. The summed E-state index contributed by atoms with van der Waals surface area (Å²) in [6, 6.07) is 3.02. The summed E-state index contributed by atoms with van der Waals surface area (Å²) < 4.78 is 0. The van der Waals surface area contributed by atoms with Crippen molar-refractivity contribution in [1.82, 2.24) is 0 Å². The SMILES string of the molecule is Cc1cc(N)c(N)cc1C(O)C(O)CC(=O)O. The minimum Gasteiger partial charge on any atom is -0.481 e. The molecule has 1 rings (SSSR count). The lowest BCUT2D eigenvalue weighted by atomic mass is 9.96. The highest BCUT2D eigenvalue weighted by atomic mass is 16.4. The first kappa shape index (κ1) is 13.3. The Morgan fingerprint density at radius 1 is 1.29 bits per heavy atom. The molecule has 0 aliphatic rings. The molecule has 2 unspecified atom stereocenters. The van der Waals surface area contributed by atoms with Gasteiger partial charge in [-0.3, -0.25) is 4.79 Å². The summed E-state index contributed by atoms with van der Waals surface area (Å²) in [5, 5.41) is 27.9. The Labute approximate surface area is 98.5 Å². The van der Waals surface area contributed by atoms with Gasteiger partial charge in [0.2, 0.25) is 0 Å². The fourth-order valence-electron chi connectivity index (χ4n) is 1.58. The molecule has 0 amide bonds. The Morgan fingerprint density at radius 2 is 1.82 bits per heavy atom. The summed E-state index contributed by atoms with van der Waals surface area (Å²) in [6.45, 7) is 1.70. The molecule has 0 fully saturated rings. The number of carboxylic acid groups (broad SMARTS) is 1. The van der Waals surface area contributed by atoms with E-state index in [-0.39, 0.29) is 5.69 Å². The van der Waals surface area contributed by atoms with E-state index in [1.54, 1.807) is 13.0 Å². The number of carboxylic acids is 1. The van der Waals surface area contributed by atoms with Crippen molar-refractivity contribution in [2.75, 3.05) is 11.5 Å². The van der Waals surface area contributed by atoms with E-state index in [9.17, 15) is 15.0 Å². The second-order valence-corrected chi connectivity index (χ2v) is 3.95. The Bertz CT molecular complexity index is 434. The number of aryl methyl sites for hydroxylation is 1. The molecule has 0 aromatic heterocycles. The zero-order valence-electron chi connectivity index (χ0n) is 9.42. The lowest BCUT2D eigenvalue weighted by molar-refractivity contribution is -0.141. The second kappa shape index (κ2) is 5.03. The van der Waals surface area contributed by atoms with Crippen LogP contribution in [0.2, 0.25) is 0 Å². The van der Waals surface area contributed by atoms with Gasteiger partial charge in [-0.25, -0.2) is 0 Å². The maximum atomic E-state index is 10.4. The van der Waals surface area contributed by atoms with Crippen LogP contribution in [0.5, 0.6) is 0 Å². The summed E-state index contributed by atoms with van der Waals surface area (Å²) in [5.74, 6) is -1.18. The van der Waals surface area contributed by atoms with Crippen molar-refractivity contribution in [2.24, 2.45) is 0 Å². The molecule has 94 valence electrons. The van der Waals surface area contributed by atoms with Crippen LogP contribution in [0.3, 0.4) is 0 Å². The minimum absolute atomic E-state index is 0.284. The third kappa shape index (κ3) is 3.08. The van der Waals surface area contributed by atoms with Crippen molar-refractivity contribution in [1.29, 1.82) is 0 Å². The van der Waals surface area contributed by atoms with Gasteiger partial charge in [-0.05, 0) is 30.2 Å². The second-order valence-electron chi connectivity index (χ2n) is 3.95. The molecule has 0 spiro atoms. The third-order valence-corrected chi connectivity index (χ3v) is 2.54. The molecule has 1 aromatic rings. The number of benzene rings is 1. The van der Waals surface area contributed by atoms with Crippen molar-refractivity contribution in [2.45, 2.75) is 25.6 Å². The van der Waals surface area contributed by atoms with Gasteiger partial charge >= 0.3 is 5.97 Å². The molecule has 0 aliphatic heterocycles. The van der Waals surface area contributed by atoms with Crippen LogP contribution in [0.1, 0.15) is 23.7 Å². The van der Waals surface area contributed by atoms with Gasteiger partial charge in [0.25, 0.3) is 0 Å². The summed E-state index contributed by atoms with van der Waals surface area (Å²) in [5.41, 5.74) is 12.9. The number of aliphatic hydroxyl groups excluding tert-OH is 2. The number of aliphatic carboxylic acids is 1. The zero-order chi connectivity index (χ0) is 13.2. The topological polar surface area (TPSA) is 130 Å². The molecular weight excluding hydrogens is 224 g/mol. The van der Waals surface area contributed by atoms with E-state index < -0.39 is 24.6 Å². The number of rotatable bonds is 4. The number of anilines is 2. The first-order valence-corrected chi connectivity index (χ1v) is 5.06. The molecule has 0 heterocycles. The number of nitrogens with two attached hydrogens (primary N) is 2. The van der Waals surface area contributed by atoms with Gasteiger partial charge in [0, 0.05) is 0 Å². The van der Waals surface area contributed by atoms with E-state index in [1.807, 2.05) is 0 Å². The summed E-state index contributed by atoms with van der Waals surface area (Å²) in [7, 11) is 0. The van der Waals surface area contributed by atoms with Crippen molar-refractivity contribution >= 4 is 17.3 Å². The molecule has 6 nitrogen and oxygen atoms in total. The lowest BCUT2D eigenvalue weighted by Gasteiger charge is -2.19. The number of carbonyl (C=O) groups is 1. The number of aliphatic hydroxyl groups is 2. The molecule has 0 aliphatic carbocycles. The first-order valence-electron chi connectivity index (χ1n) is 5.06. The average Bonchev–Trinajstić information content (AvgIpc) is 2.21. The van der Waals surface area contributed by atoms with Crippen LogP contribution in [0.15, 0.2) is 12.1 Å². The van der Waals surface area contributed by atoms with Gasteiger partial charge in [0.15, 0.2) is 0 Å². The van der Waals surface area contributed by atoms with E-state index in [0.717, 1.165) is 0 Å². The van der Waals surface area contributed by atoms with Crippen molar-refractivity contribution in [3.63, 3.8) is 0 Å². The Morgan fingerprint density at radius 3 is 2.35 bits per heavy atom. The standard InChI is InChI=1S/C11H16N2O4/c1-5-2-7(12)8(13)3-6(5)11(17)9(14)4-10(15)16/h2-3,9,11,14,17H,4,12-13H2,1H3,(H,15,16). The highest BCUT2D eigenvalue weighted by molar-refractivity contribution is 5.68. The number of hydrogen-bond donors (Lipinski definition) is 5. The van der Waals surface area contributed by atoms with Gasteiger partial charge in [-0.15, -0.1) is 0 Å². The third-order valence-electron chi connectivity index (χ3n) is 2.54. The summed E-state index contributed by atoms with van der Waals surface area (Å²) in [4.78, 5) is 10.4. The van der Waals surface area contributed by atoms with Crippen LogP contribution in [0.4, 0.5) is 11.4 Å². The van der Waals surface area contributed by atoms with Crippen LogP contribution in [-0.2, 0) is 4.79 Å². The van der Waals surface area contributed by atoms with Gasteiger partial charge in [-0.2, -0.15) is 0 Å². The normalized spacial score (nSPS) is 14.3. The molecule has 0 saturated heterocycles. The predicted octanol–water partition coefficient (Wildman–Crippen LogP) is 0.0284. The lowest BCUT2D eigenvalue weighted by Crippen LogP contribution is -2.22. The Hall–Kier alpha value is -1.79. The van der Waals surface area contributed by atoms with Crippen LogP contribution in [-0.4, -0.2) is 27.4 Å². The van der Waals surface area contributed by atoms with Crippen LogP contribution in [0, 0.1) is 6.92 Å². The van der Waals surface area contributed by atoms with Crippen molar-refractivity contribution in [3.05, 3.63) is 23.3 Å². The molecular formula is C11H16N2O4. The van der Waals surface area contributed by atoms with Crippen LogP contribution < -0.4 is 11.5 Å². The monoisotopic (exact) mass is 240 g/mol. The fourth-order valence-corrected chi connectivity index (χ4v) is 1.58. The number of nitrogen functional groups attached to an aromatic ring is 2. The van der Waals surface area contributed by atoms with E-state index in [1.165, 1.54) is 6.07 Å². The largest absolute Gasteiger partial charge is 0.481 e. The van der Waals surface area contributed by atoms with Crippen molar-refractivity contribution < 1.29 is 20.1 Å². The van der Waals surface area contributed by atoms with Gasteiger partial charge < -0.3 is 26.8 Å². The Balaban J connectivity index is 2.99. The van der Waals surface area contributed by atoms with Gasteiger partial charge in [-0.1, -0.05) is 0 Å². The summed E-state index contributed by atoms with van der Waals surface area (Å²) >= 11 is 0. The molecule has 6 heteroatoms. The highest BCUT2D eigenvalue weighted by Gasteiger charge is 2.23. The van der Waals surface area contributed by atoms with Gasteiger partial charge in [0.05, 0.1) is 23.9 Å². The zero-order valence-corrected chi connectivity index (χ0v) is 9.42. The van der Waals surface area contributed by atoms with Crippen LogP contribution in [0.25, 0.3) is 0 Å². The fraction of sp³-hybridized carbons (Fsp3) is 0.364. The average molecular weight is 240 g/mol. The molecule has 0 radical (unpaired) electrons. The van der Waals surface area contributed by atoms with E-state index in [4.69, 9.17) is 16.6 Å². The molecule has 0 saturated carbocycles. The maximum absolute atomic E-state index is 10.4. The predicted molar refractivity (Wildman–Crippen MR) is 63.2 cm³/mol. The maximum Gasteiger partial charge on any atom is 0.306 e. The summed E-state index contributed by atoms with van der Waals surface area (Å²) in [6.07, 6.45) is -3.21. The van der Waals surface area contributed by atoms with E-state index in [2.05, 4.69) is 0 Å². The first-order chi connectivity index (χ1) is 7.82. The quantitative estimate of drug-likeness (QED) is 0.472. The molecule has 1 aromatic carbocycles. The van der Waals surface area contributed by atoms with Crippen molar-refractivity contribution in [3.8, 4) is 0 Å². The molecule has 0 bridgehead atoms. The van der Waals surface area contributed by atoms with E-state index >= 15 is 0 Å². The number of hydrogen-bond acceptors (Lipinski definition) is 5. The Kier molecular flexibility index (Phi) is 3.93. The molecule has 17 heavy (non-hydrogen) atoms.